The van der Waals surface area contributed by atoms with Crippen LogP contribution in [0.4, 0.5) is 0 Å². The molecule has 0 spiro atoms. The van der Waals surface area contributed by atoms with Crippen LogP contribution in [0.15, 0.2) is 24.5 Å². The highest BCUT2D eigenvalue weighted by atomic mass is 14.8. The lowest BCUT2D eigenvalue weighted by Crippen LogP contribution is -2.55. The SMILES string of the molecule is CCC1(CC)CC(N)(c2ccncc2)C1. The van der Waals surface area contributed by atoms with Crippen LogP contribution in [0.2, 0.25) is 0 Å². The zero-order valence-corrected chi connectivity index (χ0v) is 9.66. The van der Waals surface area contributed by atoms with E-state index in [0.717, 1.165) is 12.8 Å². The van der Waals surface area contributed by atoms with E-state index in [1.807, 2.05) is 12.4 Å². The van der Waals surface area contributed by atoms with Crippen LogP contribution in [0, 0.1) is 5.41 Å². The van der Waals surface area contributed by atoms with Crippen LogP contribution in [0.25, 0.3) is 0 Å². The van der Waals surface area contributed by atoms with E-state index < -0.39 is 0 Å². The number of pyridine rings is 1. The van der Waals surface area contributed by atoms with Gasteiger partial charge in [0.2, 0.25) is 0 Å². The largest absolute Gasteiger partial charge is 0.321 e. The molecule has 2 heteroatoms. The first-order valence-electron chi connectivity index (χ1n) is 5.83. The summed E-state index contributed by atoms with van der Waals surface area (Å²) >= 11 is 0. The standard InChI is InChI=1S/C13H20N2/c1-3-12(4-2)9-13(14,10-12)11-5-7-15-8-6-11/h5-8H,3-4,9-10,14H2,1-2H3. The molecule has 82 valence electrons. The van der Waals surface area contributed by atoms with Crippen molar-refractivity contribution >= 4 is 0 Å². The Kier molecular flexibility index (Phi) is 2.55. The smallest absolute Gasteiger partial charge is 0.0421 e. The molecule has 0 aliphatic heterocycles. The summed E-state index contributed by atoms with van der Waals surface area (Å²) in [5, 5.41) is 0. The van der Waals surface area contributed by atoms with Gasteiger partial charge in [0.15, 0.2) is 0 Å². The molecule has 2 nitrogen and oxygen atoms in total. The maximum absolute atomic E-state index is 6.42. The monoisotopic (exact) mass is 204 g/mol. The molecule has 1 aromatic heterocycles. The lowest BCUT2D eigenvalue weighted by molar-refractivity contribution is 0.0166. The molecule has 2 N–H and O–H groups in total. The molecule has 0 aromatic carbocycles. The zero-order chi connectivity index (χ0) is 10.9. The maximum Gasteiger partial charge on any atom is 0.0421 e. The second kappa shape index (κ2) is 3.60. The minimum atomic E-state index is -0.0883. The van der Waals surface area contributed by atoms with E-state index in [-0.39, 0.29) is 5.54 Å². The maximum atomic E-state index is 6.42. The van der Waals surface area contributed by atoms with Gasteiger partial charge in [-0.1, -0.05) is 26.7 Å². The van der Waals surface area contributed by atoms with Crippen molar-refractivity contribution in [2.75, 3.05) is 0 Å². The van der Waals surface area contributed by atoms with Crippen LogP contribution in [0.5, 0.6) is 0 Å². The average molecular weight is 204 g/mol. The van der Waals surface area contributed by atoms with Gasteiger partial charge in [-0.2, -0.15) is 0 Å². The van der Waals surface area contributed by atoms with Crippen molar-refractivity contribution in [3.8, 4) is 0 Å². The zero-order valence-electron chi connectivity index (χ0n) is 9.66. The van der Waals surface area contributed by atoms with E-state index in [0.29, 0.717) is 5.41 Å². The first-order valence-corrected chi connectivity index (χ1v) is 5.83. The Labute approximate surface area is 91.9 Å². The fraction of sp³-hybridized carbons (Fsp3) is 0.615. The lowest BCUT2D eigenvalue weighted by Gasteiger charge is -2.54. The van der Waals surface area contributed by atoms with Gasteiger partial charge in [-0.3, -0.25) is 4.98 Å². The second-order valence-corrected chi connectivity index (χ2v) is 4.95. The Hall–Kier alpha value is -0.890. The molecule has 2 rings (SSSR count). The number of nitrogens with two attached hydrogens (primary N) is 1. The van der Waals surface area contributed by atoms with E-state index in [1.165, 1.54) is 18.4 Å². The molecule has 0 amide bonds. The van der Waals surface area contributed by atoms with E-state index in [1.54, 1.807) is 0 Å². The van der Waals surface area contributed by atoms with Gasteiger partial charge in [0.05, 0.1) is 0 Å². The molecule has 1 fully saturated rings. The van der Waals surface area contributed by atoms with Gasteiger partial charge in [-0.05, 0) is 36.0 Å². The van der Waals surface area contributed by atoms with Gasteiger partial charge in [-0.25, -0.2) is 0 Å². The molecule has 0 bridgehead atoms. The minimum Gasteiger partial charge on any atom is -0.321 e. The van der Waals surface area contributed by atoms with Crippen molar-refractivity contribution in [3.05, 3.63) is 30.1 Å². The van der Waals surface area contributed by atoms with Gasteiger partial charge < -0.3 is 5.73 Å². The fourth-order valence-corrected chi connectivity index (χ4v) is 2.92. The summed E-state index contributed by atoms with van der Waals surface area (Å²) in [4.78, 5) is 4.04. The van der Waals surface area contributed by atoms with Crippen LogP contribution in [-0.4, -0.2) is 4.98 Å². The normalized spacial score (nSPS) is 22.1. The first-order chi connectivity index (χ1) is 7.14. The molecule has 0 atom stereocenters. The predicted octanol–water partition coefficient (Wildman–Crippen LogP) is 2.84. The van der Waals surface area contributed by atoms with E-state index in [4.69, 9.17) is 5.73 Å². The highest BCUT2D eigenvalue weighted by molar-refractivity contribution is 5.26. The molecule has 1 aromatic rings. The van der Waals surface area contributed by atoms with E-state index >= 15 is 0 Å². The first kappa shape index (κ1) is 10.6. The van der Waals surface area contributed by atoms with Crippen molar-refractivity contribution in [3.63, 3.8) is 0 Å². The molecule has 0 radical (unpaired) electrons. The van der Waals surface area contributed by atoms with Crippen molar-refractivity contribution < 1.29 is 0 Å². The van der Waals surface area contributed by atoms with Crippen molar-refractivity contribution in [2.45, 2.75) is 45.1 Å². The minimum absolute atomic E-state index is 0.0883. The molecule has 1 saturated carbocycles. The molecular weight excluding hydrogens is 184 g/mol. The Bertz CT molecular complexity index is 320. The summed E-state index contributed by atoms with van der Waals surface area (Å²) < 4.78 is 0. The molecular formula is C13H20N2. The summed E-state index contributed by atoms with van der Waals surface area (Å²) in [6.07, 6.45) is 8.40. The van der Waals surface area contributed by atoms with Crippen LogP contribution < -0.4 is 5.73 Å². The summed E-state index contributed by atoms with van der Waals surface area (Å²) in [6, 6.07) is 4.10. The Morgan fingerprint density at radius 1 is 1.20 bits per heavy atom. The van der Waals surface area contributed by atoms with Crippen LogP contribution in [-0.2, 0) is 5.54 Å². The number of nitrogens with zero attached hydrogens (tertiary/aromatic N) is 1. The molecule has 0 unspecified atom stereocenters. The lowest BCUT2D eigenvalue weighted by atomic mass is 9.53. The quantitative estimate of drug-likeness (QED) is 0.822. The van der Waals surface area contributed by atoms with Gasteiger partial charge in [0.25, 0.3) is 0 Å². The van der Waals surface area contributed by atoms with E-state index in [9.17, 15) is 0 Å². The third-order valence-electron chi connectivity index (χ3n) is 4.14. The van der Waals surface area contributed by atoms with Crippen LogP contribution in [0.1, 0.15) is 45.1 Å². The highest BCUT2D eigenvalue weighted by Crippen LogP contribution is 2.56. The molecule has 1 heterocycles. The third-order valence-corrected chi connectivity index (χ3v) is 4.14. The van der Waals surface area contributed by atoms with Crippen molar-refractivity contribution in [2.24, 2.45) is 11.1 Å². The van der Waals surface area contributed by atoms with Crippen LogP contribution >= 0.6 is 0 Å². The van der Waals surface area contributed by atoms with Gasteiger partial charge in [0.1, 0.15) is 0 Å². The molecule has 0 saturated heterocycles. The predicted molar refractivity (Wildman–Crippen MR) is 62.4 cm³/mol. The fourth-order valence-electron chi connectivity index (χ4n) is 2.92. The summed E-state index contributed by atoms with van der Waals surface area (Å²) in [5.41, 5.74) is 8.08. The topological polar surface area (TPSA) is 38.9 Å². The van der Waals surface area contributed by atoms with Crippen LogP contribution in [0.3, 0.4) is 0 Å². The van der Waals surface area contributed by atoms with Gasteiger partial charge >= 0.3 is 0 Å². The third kappa shape index (κ3) is 1.67. The summed E-state index contributed by atoms with van der Waals surface area (Å²) in [7, 11) is 0. The number of hydrogen-bond donors (Lipinski definition) is 1. The van der Waals surface area contributed by atoms with E-state index in [2.05, 4.69) is 31.0 Å². The summed E-state index contributed by atoms with van der Waals surface area (Å²) in [5.74, 6) is 0. The average Bonchev–Trinajstić information content (AvgIpc) is 2.26. The Morgan fingerprint density at radius 2 is 1.73 bits per heavy atom. The Balaban J connectivity index is 2.14. The second-order valence-electron chi connectivity index (χ2n) is 4.95. The Morgan fingerprint density at radius 3 is 2.20 bits per heavy atom. The van der Waals surface area contributed by atoms with Gasteiger partial charge in [0, 0.05) is 17.9 Å². The number of rotatable bonds is 3. The molecule has 1 aliphatic carbocycles. The number of aromatic nitrogens is 1. The molecule has 1 aliphatic rings. The molecule has 15 heavy (non-hydrogen) atoms. The summed E-state index contributed by atoms with van der Waals surface area (Å²) in [6.45, 7) is 4.55. The van der Waals surface area contributed by atoms with Gasteiger partial charge in [-0.15, -0.1) is 0 Å². The number of hydrogen-bond acceptors (Lipinski definition) is 2. The highest BCUT2D eigenvalue weighted by Gasteiger charge is 2.50. The van der Waals surface area contributed by atoms with Crippen molar-refractivity contribution in [1.82, 2.24) is 4.98 Å². The van der Waals surface area contributed by atoms with Crippen molar-refractivity contribution in [1.29, 1.82) is 0 Å².